The minimum Gasteiger partial charge on any atom is -0.402 e. The summed E-state index contributed by atoms with van der Waals surface area (Å²) in [5.41, 5.74) is 1.12. The van der Waals surface area contributed by atoms with E-state index >= 15 is 0 Å². The minimum atomic E-state index is -0.599. The Kier molecular flexibility index (Phi) is 4.87. The number of thioether (sulfide) groups is 1. The number of benzene rings is 2. The summed E-state index contributed by atoms with van der Waals surface area (Å²) in [5, 5.41) is 10.8. The molecule has 1 heterocycles. The van der Waals surface area contributed by atoms with Gasteiger partial charge >= 0.3 is 5.97 Å². The molecule has 1 aliphatic heterocycles. The Morgan fingerprint density at radius 2 is 1.96 bits per heavy atom. The first-order valence-electron chi connectivity index (χ1n) is 7.09. The first-order chi connectivity index (χ1) is 12.0. The third-order valence-corrected chi connectivity index (χ3v) is 4.49. The Morgan fingerprint density at radius 1 is 1.24 bits per heavy atom. The fourth-order valence-electron chi connectivity index (χ4n) is 2.17. The van der Waals surface area contributed by atoms with Gasteiger partial charge in [0.25, 0.3) is 5.69 Å². The van der Waals surface area contributed by atoms with E-state index in [4.69, 9.17) is 16.3 Å². The summed E-state index contributed by atoms with van der Waals surface area (Å²) in [6.45, 7) is 0. The molecule has 2 aromatic carbocycles. The van der Waals surface area contributed by atoms with Crippen molar-refractivity contribution in [1.29, 1.82) is 0 Å². The number of nitrogens with zero attached hydrogens (tertiary/aromatic N) is 2. The summed E-state index contributed by atoms with van der Waals surface area (Å²) in [6.07, 6.45) is 3.59. The molecule has 0 spiro atoms. The van der Waals surface area contributed by atoms with Crippen LogP contribution < -0.4 is 0 Å². The van der Waals surface area contributed by atoms with Crippen LogP contribution in [0.3, 0.4) is 0 Å². The van der Waals surface area contributed by atoms with Gasteiger partial charge in [-0.25, -0.2) is 9.79 Å². The molecule has 0 bridgehead atoms. The number of carbonyl (C=O) groups is 1. The van der Waals surface area contributed by atoms with Gasteiger partial charge in [-0.1, -0.05) is 23.7 Å². The molecule has 25 heavy (non-hydrogen) atoms. The molecule has 0 atom stereocenters. The molecule has 0 N–H and O–H groups in total. The number of aliphatic imine (C=N–C) groups is 1. The number of halogens is 1. The minimum absolute atomic E-state index is 0.0249. The number of cyclic esters (lactones) is 1. The Balaban J connectivity index is 1.91. The summed E-state index contributed by atoms with van der Waals surface area (Å²) >= 11 is 7.66. The normalized spacial score (nSPS) is 15.2. The van der Waals surface area contributed by atoms with Gasteiger partial charge in [-0.2, -0.15) is 0 Å². The molecule has 8 heteroatoms. The third-order valence-electron chi connectivity index (χ3n) is 3.43. The van der Waals surface area contributed by atoms with Gasteiger partial charge in [0.05, 0.1) is 15.5 Å². The molecule has 2 aromatic rings. The molecule has 0 amide bonds. The van der Waals surface area contributed by atoms with Crippen LogP contribution in [0.1, 0.15) is 11.1 Å². The Hall–Kier alpha value is -2.64. The van der Waals surface area contributed by atoms with Crippen LogP contribution in [0.5, 0.6) is 0 Å². The number of nitro groups is 1. The second-order valence-corrected chi connectivity index (χ2v) is 6.32. The van der Waals surface area contributed by atoms with Crippen LogP contribution in [0.15, 0.2) is 58.0 Å². The van der Waals surface area contributed by atoms with E-state index in [2.05, 4.69) is 4.99 Å². The van der Waals surface area contributed by atoms with Crippen molar-refractivity contribution in [3.05, 3.63) is 74.4 Å². The maximum absolute atomic E-state index is 12.0. The van der Waals surface area contributed by atoms with Crippen LogP contribution in [-0.2, 0) is 9.53 Å². The second-order valence-electron chi connectivity index (χ2n) is 5.03. The zero-order valence-corrected chi connectivity index (χ0v) is 14.5. The standard InChI is InChI=1S/C17H11ClN2O4S/c1-25-12-5-2-10(3-6-12)8-15-17(21)24-16(19-15)13-7-4-11(20(22)23)9-14(13)18/h2-9H,1H3/b15-8-. The first-order valence-corrected chi connectivity index (χ1v) is 8.69. The molecule has 0 fully saturated rings. The van der Waals surface area contributed by atoms with E-state index in [0.717, 1.165) is 10.5 Å². The van der Waals surface area contributed by atoms with Gasteiger partial charge in [-0.05, 0) is 36.1 Å². The zero-order valence-electron chi connectivity index (χ0n) is 12.9. The number of rotatable bonds is 4. The lowest BCUT2D eigenvalue weighted by Crippen LogP contribution is -2.06. The van der Waals surface area contributed by atoms with Crippen LogP contribution in [0.25, 0.3) is 6.08 Å². The van der Waals surface area contributed by atoms with E-state index in [-0.39, 0.29) is 22.3 Å². The number of non-ortho nitro benzene ring substituents is 1. The molecule has 0 radical (unpaired) electrons. The maximum atomic E-state index is 12.0. The molecule has 0 saturated carbocycles. The topological polar surface area (TPSA) is 81.8 Å². The van der Waals surface area contributed by atoms with Crippen LogP contribution >= 0.6 is 23.4 Å². The zero-order chi connectivity index (χ0) is 18.0. The molecular formula is C17H11ClN2O4S. The van der Waals surface area contributed by atoms with Gasteiger partial charge in [0.1, 0.15) is 0 Å². The maximum Gasteiger partial charge on any atom is 0.363 e. The Bertz CT molecular complexity index is 923. The van der Waals surface area contributed by atoms with Gasteiger partial charge in [0.2, 0.25) is 5.90 Å². The molecule has 0 aromatic heterocycles. The molecule has 126 valence electrons. The predicted octanol–water partition coefficient (Wildman–Crippen LogP) is 4.31. The molecule has 6 nitrogen and oxygen atoms in total. The van der Waals surface area contributed by atoms with Crippen LogP contribution in [0, 0.1) is 10.1 Å². The van der Waals surface area contributed by atoms with E-state index < -0.39 is 10.9 Å². The average molecular weight is 375 g/mol. The van der Waals surface area contributed by atoms with E-state index in [1.165, 1.54) is 18.2 Å². The fourth-order valence-corrected chi connectivity index (χ4v) is 2.84. The van der Waals surface area contributed by atoms with Crippen LogP contribution in [-0.4, -0.2) is 23.0 Å². The van der Waals surface area contributed by atoms with Crippen LogP contribution in [0.4, 0.5) is 5.69 Å². The number of hydrogen-bond acceptors (Lipinski definition) is 6. The highest BCUT2D eigenvalue weighted by molar-refractivity contribution is 7.98. The monoisotopic (exact) mass is 374 g/mol. The van der Waals surface area contributed by atoms with Crippen molar-refractivity contribution in [3.63, 3.8) is 0 Å². The van der Waals surface area contributed by atoms with Gasteiger partial charge in [0.15, 0.2) is 5.70 Å². The van der Waals surface area contributed by atoms with E-state index in [1.807, 2.05) is 30.5 Å². The highest BCUT2D eigenvalue weighted by Crippen LogP contribution is 2.27. The number of ether oxygens (including phenoxy) is 1. The van der Waals surface area contributed by atoms with Crippen molar-refractivity contribution in [2.24, 2.45) is 4.99 Å². The van der Waals surface area contributed by atoms with Crippen molar-refractivity contribution in [1.82, 2.24) is 0 Å². The quantitative estimate of drug-likeness (QED) is 0.262. The van der Waals surface area contributed by atoms with Gasteiger partial charge in [-0.15, -0.1) is 11.8 Å². The summed E-state index contributed by atoms with van der Waals surface area (Å²) in [6, 6.07) is 11.5. The number of carbonyl (C=O) groups excluding carboxylic acids is 1. The van der Waals surface area contributed by atoms with Gasteiger partial charge < -0.3 is 4.74 Å². The molecule has 0 saturated heterocycles. The molecule has 0 unspecified atom stereocenters. The largest absolute Gasteiger partial charge is 0.402 e. The van der Waals surface area contributed by atoms with Gasteiger partial charge in [-0.3, -0.25) is 10.1 Å². The third kappa shape index (κ3) is 3.72. The first kappa shape index (κ1) is 17.2. The van der Waals surface area contributed by atoms with E-state index in [1.54, 1.807) is 17.8 Å². The van der Waals surface area contributed by atoms with Crippen molar-refractivity contribution in [2.75, 3.05) is 6.26 Å². The predicted molar refractivity (Wildman–Crippen MR) is 96.9 cm³/mol. The number of hydrogen-bond donors (Lipinski definition) is 0. The second kappa shape index (κ2) is 7.08. The smallest absolute Gasteiger partial charge is 0.363 e. The van der Waals surface area contributed by atoms with E-state index in [0.29, 0.717) is 5.56 Å². The van der Waals surface area contributed by atoms with E-state index in [9.17, 15) is 14.9 Å². The fraction of sp³-hybridized carbons (Fsp3) is 0.0588. The highest BCUT2D eigenvalue weighted by Gasteiger charge is 2.26. The molecule has 0 aliphatic carbocycles. The molecule has 1 aliphatic rings. The summed E-state index contributed by atoms with van der Waals surface area (Å²) in [7, 11) is 0. The lowest BCUT2D eigenvalue weighted by Gasteiger charge is -2.02. The van der Waals surface area contributed by atoms with Gasteiger partial charge in [0, 0.05) is 17.0 Å². The average Bonchev–Trinajstić information content (AvgIpc) is 2.95. The summed E-state index contributed by atoms with van der Waals surface area (Å²) < 4.78 is 5.14. The van der Waals surface area contributed by atoms with Crippen molar-refractivity contribution in [3.8, 4) is 0 Å². The van der Waals surface area contributed by atoms with Crippen molar-refractivity contribution in [2.45, 2.75) is 4.90 Å². The van der Waals surface area contributed by atoms with Crippen LogP contribution in [0.2, 0.25) is 5.02 Å². The lowest BCUT2D eigenvalue weighted by molar-refractivity contribution is -0.384. The molecule has 3 rings (SSSR count). The van der Waals surface area contributed by atoms with Crippen molar-refractivity contribution < 1.29 is 14.5 Å². The Morgan fingerprint density at radius 3 is 2.56 bits per heavy atom. The highest BCUT2D eigenvalue weighted by atomic mass is 35.5. The number of esters is 1. The van der Waals surface area contributed by atoms with Crippen molar-refractivity contribution >= 4 is 47.0 Å². The Labute approximate surface area is 152 Å². The lowest BCUT2D eigenvalue weighted by atomic mass is 10.2. The SMILES string of the molecule is CSc1ccc(/C=C2\N=C(c3ccc([N+](=O)[O-])cc3Cl)OC2=O)cc1. The summed E-state index contributed by atoms with van der Waals surface area (Å²) in [5.74, 6) is -0.574. The molecular weight excluding hydrogens is 364 g/mol. The number of nitro benzene ring substituents is 1. The summed E-state index contributed by atoms with van der Waals surface area (Å²) in [4.78, 5) is 27.5.